The lowest BCUT2D eigenvalue weighted by atomic mass is 10.2. The van der Waals surface area contributed by atoms with Crippen LogP contribution in [0.4, 0.5) is 15.9 Å². The monoisotopic (exact) mass is 363 g/mol. The molecule has 6 nitrogen and oxygen atoms in total. The highest BCUT2D eigenvalue weighted by atomic mass is 19.1. The second-order valence-corrected chi connectivity index (χ2v) is 6.44. The summed E-state index contributed by atoms with van der Waals surface area (Å²) in [5, 5.41) is 7.49. The second-order valence-electron chi connectivity index (χ2n) is 6.44. The molecular weight excluding hydrogens is 345 g/mol. The molecule has 0 saturated carbocycles. The molecule has 4 aromatic rings. The van der Waals surface area contributed by atoms with Gasteiger partial charge in [-0.2, -0.15) is 4.98 Å². The van der Waals surface area contributed by atoms with Gasteiger partial charge in [0.25, 0.3) is 5.78 Å². The summed E-state index contributed by atoms with van der Waals surface area (Å²) in [5.74, 6) is 0.491. The Kier molecular flexibility index (Phi) is 4.19. The van der Waals surface area contributed by atoms with Crippen LogP contribution in [0.15, 0.2) is 59.4 Å². The third-order valence-corrected chi connectivity index (χ3v) is 4.34. The first-order chi connectivity index (χ1) is 13.0. The molecule has 0 aliphatic rings. The standard InChI is InChI=1S/C20H18FN5O/c1-13-7-9-16(10-8-13)22-18-11-14(2)26-19(23-18)24-25(20(26)27)12-15-5-3-4-6-17(15)21/h3-11H,12H2,1-2H3,(H,22,23,24). The number of benzene rings is 2. The van der Waals surface area contributed by atoms with Crippen LogP contribution < -0.4 is 11.0 Å². The molecule has 136 valence electrons. The normalized spacial score (nSPS) is 11.1. The molecule has 4 rings (SSSR count). The molecule has 0 fully saturated rings. The van der Waals surface area contributed by atoms with Crippen molar-refractivity contribution in [3.8, 4) is 0 Å². The van der Waals surface area contributed by atoms with E-state index in [2.05, 4.69) is 15.4 Å². The molecule has 0 saturated heterocycles. The first-order valence-corrected chi connectivity index (χ1v) is 8.55. The van der Waals surface area contributed by atoms with Crippen LogP contribution in [-0.4, -0.2) is 19.2 Å². The fraction of sp³-hybridized carbons (Fsp3) is 0.150. The van der Waals surface area contributed by atoms with Crippen molar-refractivity contribution in [1.29, 1.82) is 0 Å². The topological polar surface area (TPSA) is 64.2 Å². The molecule has 0 aliphatic heterocycles. The molecule has 27 heavy (non-hydrogen) atoms. The van der Waals surface area contributed by atoms with E-state index >= 15 is 0 Å². The van der Waals surface area contributed by atoms with Crippen molar-refractivity contribution in [1.82, 2.24) is 19.2 Å². The van der Waals surface area contributed by atoms with E-state index in [-0.39, 0.29) is 23.8 Å². The van der Waals surface area contributed by atoms with E-state index in [1.54, 1.807) is 24.3 Å². The maximum atomic E-state index is 13.9. The van der Waals surface area contributed by atoms with Gasteiger partial charge in [-0.05, 0) is 32.0 Å². The molecule has 0 spiro atoms. The summed E-state index contributed by atoms with van der Waals surface area (Å²) >= 11 is 0. The number of nitrogens with one attached hydrogen (secondary N) is 1. The van der Waals surface area contributed by atoms with Crippen molar-refractivity contribution in [3.05, 3.63) is 87.7 Å². The van der Waals surface area contributed by atoms with Crippen LogP contribution in [0.3, 0.4) is 0 Å². The van der Waals surface area contributed by atoms with Crippen LogP contribution in [0.1, 0.15) is 16.8 Å². The van der Waals surface area contributed by atoms with Crippen LogP contribution >= 0.6 is 0 Å². The molecule has 0 atom stereocenters. The molecule has 7 heteroatoms. The molecule has 0 aliphatic carbocycles. The van der Waals surface area contributed by atoms with Crippen molar-refractivity contribution in [2.75, 3.05) is 5.32 Å². The highest BCUT2D eigenvalue weighted by Crippen LogP contribution is 2.17. The van der Waals surface area contributed by atoms with Crippen molar-refractivity contribution in [2.24, 2.45) is 0 Å². The fourth-order valence-electron chi connectivity index (χ4n) is 2.92. The van der Waals surface area contributed by atoms with E-state index in [4.69, 9.17) is 0 Å². The number of fused-ring (bicyclic) bond motifs is 1. The van der Waals surface area contributed by atoms with Gasteiger partial charge in [0.2, 0.25) is 0 Å². The number of rotatable bonds is 4. The fourth-order valence-corrected chi connectivity index (χ4v) is 2.92. The Morgan fingerprint density at radius 1 is 1.07 bits per heavy atom. The van der Waals surface area contributed by atoms with E-state index in [1.807, 2.05) is 38.1 Å². The minimum absolute atomic E-state index is 0.0506. The maximum absolute atomic E-state index is 13.9. The van der Waals surface area contributed by atoms with Gasteiger partial charge in [0, 0.05) is 23.0 Å². The predicted molar refractivity (Wildman–Crippen MR) is 102 cm³/mol. The van der Waals surface area contributed by atoms with Crippen LogP contribution in [0.2, 0.25) is 0 Å². The van der Waals surface area contributed by atoms with Gasteiger partial charge in [0.15, 0.2) is 0 Å². The highest BCUT2D eigenvalue weighted by Gasteiger charge is 2.13. The molecule has 2 heterocycles. The minimum atomic E-state index is -0.368. The largest absolute Gasteiger partial charge is 0.352 e. The zero-order valence-electron chi connectivity index (χ0n) is 15.0. The number of anilines is 2. The molecule has 0 amide bonds. The van der Waals surface area contributed by atoms with E-state index < -0.39 is 0 Å². The smallest absolute Gasteiger partial charge is 0.340 e. The summed E-state index contributed by atoms with van der Waals surface area (Å²) in [6.07, 6.45) is 0. The number of aromatic nitrogens is 4. The molecule has 2 aromatic carbocycles. The van der Waals surface area contributed by atoms with E-state index in [9.17, 15) is 9.18 Å². The Morgan fingerprint density at radius 3 is 2.56 bits per heavy atom. The van der Waals surface area contributed by atoms with Crippen molar-refractivity contribution >= 4 is 17.3 Å². The summed E-state index contributed by atoms with van der Waals surface area (Å²) in [7, 11) is 0. The third-order valence-electron chi connectivity index (χ3n) is 4.34. The SMILES string of the molecule is Cc1ccc(Nc2cc(C)n3c(=O)n(Cc4ccccc4F)nc3n2)cc1. The van der Waals surface area contributed by atoms with Gasteiger partial charge < -0.3 is 5.32 Å². The maximum Gasteiger partial charge on any atom is 0.352 e. The Bertz CT molecular complexity index is 1180. The van der Waals surface area contributed by atoms with E-state index in [0.29, 0.717) is 17.1 Å². The quantitative estimate of drug-likeness (QED) is 0.603. The first-order valence-electron chi connectivity index (χ1n) is 8.55. The average Bonchev–Trinajstić information content (AvgIpc) is 2.95. The number of hydrogen-bond donors (Lipinski definition) is 1. The van der Waals surface area contributed by atoms with Crippen molar-refractivity contribution in [2.45, 2.75) is 20.4 Å². The van der Waals surface area contributed by atoms with Gasteiger partial charge in [0.1, 0.15) is 11.6 Å². The lowest BCUT2D eigenvalue weighted by Gasteiger charge is -2.07. The summed E-state index contributed by atoms with van der Waals surface area (Å²) in [5.41, 5.74) is 2.81. The van der Waals surface area contributed by atoms with Crippen LogP contribution in [0, 0.1) is 19.7 Å². The number of hydrogen-bond acceptors (Lipinski definition) is 4. The first kappa shape index (κ1) is 17.0. The Hall–Kier alpha value is -3.48. The predicted octanol–water partition coefficient (Wildman–Crippen LogP) is 3.44. The highest BCUT2D eigenvalue weighted by molar-refractivity contribution is 5.58. The van der Waals surface area contributed by atoms with Gasteiger partial charge in [0.05, 0.1) is 6.54 Å². The summed E-state index contributed by atoms with van der Waals surface area (Å²) < 4.78 is 16.5. The van der Waals surface area contributed by atoms with Crippen LogP contribution in [0.5, 0.6) is 0 Å². The number of nitrogens with zero attached hydrogens (tertiary/aromatic N) is 4. The Morgan fingerprint density at radius 2 is 1.81 bits per heavy atom. The van der Waals surface area contributed by atoms with E-state index in [1.165, 1.54) is 20.7 Å². The third kappa shape index (κ3) is 3.31. The molecule has 0 unspecified atom stereocenters. The lowest BCUT2D eigenvalue weighted by molar-refractivity contribution is 0.578. The van der Waals surface area contributed by atoms with Gasteiger partial charge in [-0.1, -0.05) is 35.9 Å². The van der Waals surface area contributed by atoms with E-state index in [0.717, 1.165) is 5.69 Å². The number of halogens is 1. The zero-order valence-corrected chi connectivity index (χ0v) is 15.0. The van der Waals surface area contributed by atoms with Gasteiger partial charge >= 0.3 is 5.69 Å². The average molecular weight is 363 g/mol. The molecule has 0 bridgehead atoms. The Labute approximate surface area is 154 Å². The molecule has 2 aromatic heterocycles. The minimum Gasteiger partial charge on any atom is -0.340 e. The van der Waals surface area contributed by atoms with Gasteiger partial charge in [-0.25, -0.2) is 18.3 Å². The van der Waals surface area contributed by atoms with Crippen molar-refractivity contribution in [3.63, 3.8) is 0 Å². The number of aryl methyl sites for hydroxylation is 2. The lowest BCUT2D eigenvalue weighted by Crippen LogP contribution is -2.23. The second kappa shape index (κ2) is 6.68. The summed E-state index contributed by atoms with van der Waals surface area (Å²) in [4.78, 5) is 17.1. The van der Waals surface area contributed by atoms with Crippen molar-refractivity contribution < 1.29 is 4.39 Å². The van der Waals surface area contributed by atoms with Crippen LogP contribution in [0.25, 0.3) is 5.78 Å². The summed E-state index contributed by atoms with van der Waals surface area (Å²) in [6.45, 7) is 3.88. The molecular formula is C20H18FN5O. The van der Waals surface area contributed by atoms with Gasteiger partial charge in [-0.3, -0.25) is 0 Å². The molecule has 0 radical (unpaired) electrons. The van der Waals surface area contributed by atoms with Crippen LogP contribution in [-0.2, 0) is 6.54 Å². The Balaban J connectivity index is 1.71. The molecule has 1 N–H and O–H groups in total. The zero-order chi connectivity index (χ0) is 19.0. The van der Waals surface area contributed by atoms with Gasteiger partial charge in [-0.15, -0.1) is 5.10 Å². The summed E-state index contributed by atoms with van der Waals surface area (Å²) in [6, 6.07) is 16.0.